The molecule has 0 aliphatic heterocycles. The van der Waals surface area contributed by atoms with Gasteiger partial charge in [-0.1, -0.05) is 17.7 Å². The first-order chi connectivity index (χ1) is 10.4. The average molecular weight is 303 g/mol. The zero-order chi connectivity index (χ0) is 16.3. The minimum absolute atomic E-state index is 0.0224. The highest BCUT2D eigenvalue weighted by Gasteiger charge is 2.36. The monoisotopic (exact) mass is 303 g/mol. The summed E-state index contributed by atoms with van der Waals surface area (Å²) in [5, 5.41) is 10.7. The first-order valence-corrected chi connectivity index (χ1v) is 7.06. The molecule has 6 heteroatoms. The molecule has 0 saturated heterocycles. The highest BCUT2D eigenvalue weighted by Crippen LogP contribution is 2.38. The first-order valence-electron chi connectivity index (χ1n) is 7.06. The summed E-state index contributed by atoms with van der Waals surface area (Å²) in [6.45, 7) is 3.73. The number of benzene rings is 1. The van der Waals surface area contributed by atoms with E-state index in [2.05, 4.69) is 0 Å². The summed E-state index contributed by atoms with van der Waals surface area (Å²) in [5.41, 5.74) is 1.37. The number of hydrogen-bond donors (Lipinski definition) is 0. The van der Waals surface area contributed by atoms with Gasteiger partial charge in [-0.25, -0.2) is 0 Å². The summed E-state index contributed by atoms with van der Waals surface area (Å²) < 4.78 is 5.10. The Hall–Kier alpha value is -2.50. The van der Waals surface area contributed by atoms with Crippen molar-refractivity contribution in [3.05, 3.63) is 51.6 Å². The molecule has 1 aromatic carbocycles. The minimum atomic E-state index is -0.529. The Kier molecular flexibility index (Phi) is 4.70. The van der Waals surface area contributed by atoms with Crippen LogP contribution in [0.15, 0.2) is 35.9 Å². The third-order valence-corrected chi connectivity index (χ3v) is 3.78. The Morgan fingerprint density at radius 1 is 1.36 bits per heavy atom. The number of allylic oxidation sites excluding steroid dienone is 1. The molecule has 0 aromatic heterocycles. The molecule has 0 N–H and O–H groups in total. The van der Waals surface area contributed by atoms with Crippen LogP contribution in [-0.2, 0) is 14.3 Å². The zero-order valence-corrected chi connectivity index (χ0v) is 12.4. The molecule has 0 fully saturated rings. The Morgan fingerprint density at radius 3 is 2.55 bits per heavy atom. The highest BCUT2D eigenvalue weighted by atomic mass is 16.6. The maximum Gasteiger partial charge on any atom is 0.313 e. The first kappa shape index (κ1) is 15.9. The molecule has 0 radical (unpaired) electrons. The van der Waals surface area contributed by atoms with E-state index in [0.717, 1.165) is 5.56 Å². The molecular formula is C16H17NO5. The number of nitro groups is 1. The number of hydrogen-bond acceptors (Lipinski definition) is 5. The molecule has 22 heavy (non-hydrogen) atoms. The van der Waals surface area contributed by atoms with Gasteiger partial charge in [-0.15, -0.1) is 0 Å². The van der Waals surface area contributed by atoms with Crippen LogP contribution in [0, 0.1) is 16.0 Å². The van der Waals surface area contributed by atoms with Gasteiger partial charge >= 0.3 is 5.97 Å². The van der Waals surface area contributed by atoms with E-state index in [-0.39, 0.29) is 36.4 Å². The van der Waals surface area contributed by atoms with E-state index in [0.29, 0.717) is 5.57 Å². The second-order valence-electron chi connectivity index (χ2n) is 5.24. The van der Waals surface area contributed by atoms with Crippen molar-refractivity contribution in [1.82, 2.24) is 0 Å². The topological polar surface area (TPSA) is 86.5 Å². The van der Waals surface area contributed by atoms with Crippen molar-refractivity contribution in [2.24, 2.45) is 5.92 Å². The maximum atomic E-state index is 12.2. The van der Waals surface area contributed by atoms with Gasteiger partial charge in [-0.3, -0.25) is 19.7 Å². The van der Waals surface area contributed by atoms with Crippen molar-refractivity contribution < 1.29 is 19.2 Å². The summed E-state index contributed by atoms with van der Waals surface area (Å²) in [7, 11) is 0. The van der Waals surface area contributed by atoms with Crippen LogP contribution < -0.4 is 0 Å². The average Bonchev–Trinajstić information content (AvgIpc) is 2.46. The lowest BCUT2D eigenvalue weighted by atomic mass is 9.75. The Morgan fingerprint density at radius 2 is 2.00 bits per heavy atom. The number of nitrogens with zero attached hydrogens (tertiary/aromatic N) is 1. The fraction of sp³-hybridized carbons (Fsp3) is 0.375. The molecule has 1 aliphatic carbocycles. The molecule has 2 rings (SSSR count). The fourth-order valence-electron chi connectivity index (χ4n) is 2.79. The lowest BCUT2D eigenvalue weighted by Gasteiger charge is -2.29. The summed E-state index contributed by atoms with van der Waals surface area (Å²) in [6, 6.07) is 5.97. The van der Waals surface area contributed by atoms with Crippen molar-refractivity contribution in [2.75, 3.05) is 6.61 Å². The van der Waals surface area contributed by atoms with Gasteiger partial charge in [0.05, 0.1) is 17.4 Å². The molecule has 0 spiro atoms. The smallest absolute Gasteiger partial charge is 0.313 e. The normalized spacial score (nSPS) is 21.2. The van der Waals surface area contributed by atoms with Crippen LogP contribution in [0.4, 0.5) is 5.69 Å². The Balaban J connectivity index is 2.36. The lowest BCUT2D eigenvalue weighted by Crippen LogP contribution is -2.30. The molecule has 0 amide bonds. The van der Waals surface area contributed by atoms with E-state index in [1.54, 1.807) is 26.0 Å². The van der Waals surface area contributed by atoms with Gasteiger partial charge in [0, 0.05) is 24.5 Å². The maximum absolute atomic E-state index is 12.2. The summed E-state index contributed by atoms with van der Waals surface area (Å²) in [6.07, 6.45) is 1.67. The van der Waals surface area contributed by atoms with Crippen LogP contribution in [0.5, 0.6) is 0 Å². The second-order valence-corrected chi connectivity index (χ2v) is 5.24. The van der Waals surface area contributed by atoms with E-state index in [4.69, 9.17) is 4.74 Å². The number of non-ortho nitro benzene ring substituents is 1. The second kappa shape index (κ2) is 6.51. The van der Waals surface area contributed by atoms with E-state index in [1.807, 2.05) is 0 Å². The molecule has 116 valence electrons. The number of rotatable bonds is 4. The van der Waals surface area contributed by atoms with Crippen LogP contribution in [0.1, 0.15) is 31.7 Å². The third kappa shape index (κ3) is 3.21. The molecule has 0 bridgehead atoms. The zero-order valence-electron chi connectivity index (χ0n) is 12.4. The standard InChI is InChI=1S/C16H17NO5/c1-3-22-16(19)15-10(2)8-13(18)9-14(15)11-4-6-12(7-5-11)17(20)21/h4-8,14-15H,3,9H2,1-2H3. The third-order valence-electron chi connectivity index (χ3n) is 3.78. The summed E-state index contributed by atoms with van der Waals surface area (Å²) in [5.74, 6) is -1.30. The molecule has 1 aliphatic rings. The van der Waals surface area contributed by atoms with Crippen molar-refractivity contribution in [1.29, 1.82) is 0 Å². The van der Waals surface area contributed by atoms with Crippen molar-refractivity contribution in [3.8, 4) is 0 Å². The van der Waals surface area contributed by atoms with Crippen molar-refractivity contribution >= 4 is 17.4 Å². The SMILES string of the molecule is CCOC(=O)C1C(C)=CC(=O)CC1c1ccc([N+](=O)[O-])cc1. The number of carbonyl (C=O) groups is 2. The number of nitro benzene ring substituents is 1. The molecule has 0 heterocycles. The number of carbonyl (C=O) groups excluding carboxylic acids is 2. The van der Waals surface area contributed by atoms with Crippen LogP contribution >= 0.6 is 0 Å². The molecule has 0 saturated carbocycles. The van der Waals surface area contributed by atoms with E-state index >= 15 is 0 Å². The van der Waals surface area contributed by atoms with Gasteiger partial charge < -0.3 is 4.74 Å². The van der Waals surface area contributed by atoms with Crippen molar-refractivity contribution in [3.63, 3.8) is 0 Å². The highest BCUT2D eigenvalue weighted by molar-refractivity contribution is 5.95. The fourth-order valence-corrected chi connectivity index (χ4v) is 2.79. The van der Waals surface area contributed by atoms with Gasteiger partial charge in [0.1, 0.15) is 0 Å². The number of ketones is 1. The van der Waals surface area contributed by atoms with E-state index < -0.39 is 10.8 Å². The van der Waals surface area contributed by atoms with Gasteiger partial charge in [0.15, 0.2) is 5.78 Å². The Labute approximate surface area is 127 Å². The lowest BCUT2D eigenvalue weighted by molar-refractivity contribution is -0.384. The molecule has 1 aromatic rings. The number of esters is 1. The molecule has 2 unspecified atom stereocenters. The van der Waals surface area contributed by atoms with Gasteiger partial charge in [0.2, 0.25) is 0 Å². The van der Waals surface area contributed by atoms with Crippen LogP contribution in [0.3, 0.4) is 0 Å². The quantitative estimate of drug-likeness (QED) is 0.485. The molecule has 6 nitrogen and oxygen atoms in total. The summed E-state index contributed by atoms with van der Waals surface area (Å²) >= 11 is 0. The van der Waals surface area contributed by atoms with Crippen LogP contribution in [0.25, 0.3) is 0 Å². The van der Waals surface area contributed by atoms with E-state index in [9.17, 15) is 19.7 Å². The summed E-state index contributed by atoms with van der Waals surface area (Å²) in [4.78, 5) is 34.2. The number of ether oxygens (including phenoxy) is 1. The van der Waals surface area contributed by atoms with E-state index in [1.165, 1.54) is 18.2 Å². The van der Waals surface area contributed by atoms with Crippen molar-refractivity contribution in [2.45, 2.75) is 26.2 Å². The predicted octanol–water partition coefficient (Wildman–Crippen LogP) is 2.78. The van der Waals surface area contributed by atoms with Crippen LogP contribution in [-0.4, -0.2) is 23.3 Å². The molecular weight excluding hydrogens is 286 g/mol. The van der Waals surface area contributed by atoms with Gasteiger partial charge in [0.25, 0.3) is 5.69 Å². The molecule has 2 atom stereocenters. The van der Waals surface area contributed by atoms with Crippen LogP contribution in [0.2, 0.25) is 0 Å². The van der Waals surface area contributed by atoms with Gasteiger partial charge in [-0.2, -0.15) is 0 Å². The Bertz CT molecular complexity index is 632. The van der Waals surface area contributed by atoms with Gasteiger partial charge in [-0.05, 0) is 25.5 Å². The predicted molar refractivity (Wildman–Crippen MR) is 79.3 cm³/mol. The largest absolute Gasteiger partial charge is 0.466 e. The minimum Gasteiger partial charge on any atom is -0.466 e.